The fourth-order valence-corrected chi connectivity index (χ4v) is 1.77. The van der Waals surface area contributed by atoms with E-state index in [0.717, 1.165) is 14.5 Å². The predicted molar refractivity (Wildman–Crippen MR) is 59.2 cm³/mol. The first kappa shape index (κ1) is 9.32. The van der Waals surface area contributed by atoms with Crippen molar-refractivity contribution in [1.82, 2.24) is 10.2 Å². The van der Waals surface area contributed by atoms with Gasteiger partial charge in [-0.05, 0) is 34.7 Å². The Balaban J connectivity index is 2.73. The van der Waals surface area contributed by atoms with Crippen LogP contribution in [0.15, 0.2) is 24.3 Å². The lowest BCUT2D eigenvalue weighted by atomic mass is 10.2. The Morgan fingerprint density at radius 2 is 2.14 bits per heavy atom. The minimum absolute atomic E-state index is 0.0282. The van der Waals surface area contributed by atoms with Crippen LogP contribution in [0.25, 0.3) is 10.9 Å². The summed E-state index contributed by atoms with van der Waals surface area (Å²) in [6, 6.07) is 7.10. The summed E-state index contributed by atoms with van der Waals surface area (Å²) in [7, 11) is 0. The van der Waals surface area contributed by atoms with Gasteiger partial charge in [0.2, 0.25) is 0 Å². The number of carboxylic acids is 1. The molecule has 70 valence electrons. The second-order valence-electron chi connectivity index (χ2n) is 2.71. The summed E-state index contributed by atoms with van der Waals surface area (Å²) >= 11 is 2.14. The molecule has 0 aliphatic rings. The molecule has 0 atom stereocenters. The molecule has 4 nitrogen and oxygen atoms in total. The first-order valence-electron chi connectivity index (χ1n) is 3.84. The van der Waals surface area contributed by atoms with Crippen molar-refractivity contribution in [2.75, 3.05) is 0 Å². The minimum Gasteiger partial charge on any atom is -0.476 e. The molecule has 0 fully saturated rings. The van der Waals surface area contributed by atoms with E-state index in [1.165, 1.54) is 6.07 Å². The summed E-state index contributed by atoms with van der Waals surface area (Å²) in [5.74, 6) is -1.06. The molecule has 0 aliphatic carbocycles. The van der Waals surface area contributed by atoms with Gasteiger partial charge in [-0.15, -0.1) is 10.2 Å². The molecule has 2 aromatic rings. The maximum Gasteiger partial charge on any atom is 0.356 e. The van der Waals surface area contributed by atoms with Crippen LogP contribution in [0.4, 0.5) is 0 Å². The van der Waals surface area contributed by atoms with Crippen LogP contribution in [0.5, 0.6) is 0 Å². The second kappa shape index (κ2) is 3.49. The van der Waals surface area contributed by atoms with E-state index in [2.05, 4.69) is 32.8 Å². The van der Waals surface area contributed by atoms with Gasteiger partial charge in [0.05, 0.1) is 0 Å². The Labute approximate surface area is 93.1 Å². The molecule has 1 heterocycles. The van der Waals surface area contributed by atoms with Gasteiger partial charge in [-0.3, -0.25) is 0 Å². The summed E-state index contributed by atoms with van der Waals surface area (Å²) < 4.78 is 0.963. The van der Waals surface area contributed by atoms with Gasteiger partial charge in [0.15, 0.2) is 5.69 Å². The lowest BCUT2D eigenvalue weighted by molar-refractivity contribution is 0.0689. The van der Waals surface area contributed by atoms with Crippen LogP contribution in [-0.4, -0.2) is 21.3 Å². The van der Waals surface area contributed by atoms with Crippen LogP contribution in [0, 0.1) is 3.57 Å². The van der Waals surface area contributed by atoms with E-state index in [0.29, 0.717) is 0 Å². The fourth-order valence-electron chi connectivity index (χ4n) is 1.14. The molecule has 0 saturated carbocycles. The Bertz CT molecular complexity index is 513. The first-order chi connectivity index (χ1) is 6.68. The fraction of sp³-hybridized carbons (Fsp3) is 0. The maximum absolute atomic E-state index is 10.6. The number of carboxylic acid groups (broad SMARTS) is 1. The van der Waals surface area contributed by atoms with Crippen molar-refractivity contribution >= 4 is 39.5 Å². The number of fused-ring (bicyclic) bond motifs is 1. The zero-order valence-corrected chi connectivity index (χ0v) is 9.09. The highest BCUT2D eigenvalue weighted by molar-refractivity contribution is 14.1. The van der Waals surface area contributed by atoms with E-state index < -0.39 is 5.97 Å². The molecule has 0 unspecified atom stereocenters. The molecular formula is C9H5IN2O2. The summed E-state index contributed by atoms with van der Waals surface area (Å²) in [6.45, 7) is 0. The van der Waals surface area contributed by atoms with Gasteiger partial charge in [0.25, 0.3) is 0 Å². The predicted octanol–water partition coefficient (Wildman–Crippen LogP) is 1.93. The summed E-state index contributed by atoms with van der Waals surface area (Å²) in [6.07, 6.45) is 0. The van der Waals surface area contributed by atoms with E-state index in [9.17, 15) is 4.79 Å². The van der Waals surface area contributed by atoms with Crippen molar-refractivity contribution in [3.8, 4) is 0 Å². The highest BCUT2D eigenvalue weighted by Crippen LogP contribution is 2.17. The van der Waals surface area contributed by atoms with Crippen molar-refractivity contribution in [3.63, 3.8) is 0 Å². The second-order valence-corrected chi connectivity index (χ2v) is 3.87. The molecule has 0 aliphatic heterocycles. The zero-order chi connectivity index (χ0) is 10.1. The van der Waals surface area contributed by atoms with Crippen molar-refractivity contribution in [2.45, 2.75) is 0 Å². The lowest BCUT2D eigenvalue weighted by Gasteiger charge is -1.99. The third-order valence-electron chi connectivity index (χ3n) is 1.79. The van der Waals surface area contributed by atoms with E-state index in [4.69, 9.17) is 5.11 Å². The lowest BCUT2D eigenvalue weighted by Crippen LogP contribution is -2.02. The van der Waals surface area contributed by atoms with Crippen LogP contribution in [0.3, 0.4) is 0 Å². The molecule has 1 aromatic carbocycles. The van der Waals surface area contributed by atoms with Gasteiger partial charge < -0.3 is 5.11 Å². The van der Waals surface area contributed by atoms with E-state index >= 15 is 0 Å². The number of nitrogens with zero attached hydrogens (tertiary/aromatic N) is 2. The molecule has 14 heavy (non-hydrogen) atoms. The van der Waals surface area contributed by atoms with Crippen LogP contribution in [0.1, 0.15) is 10.5 Å². The van der Waals surface area contributed by atoms with Crippen LogP contribution in [-0.2, 0) is 0 Å². The van der Waals surface area contributed by atoms with E-state index in [-0.39, 0.29) is 5.69 Å². The zero-order valence-electron chi connectivity index (χ0n) is 6.94. The normalized spacial score (nSPS) is 10.4. The molecule has 0 bridgehead atoms. The van der Waals surface area contributed by atoms with Gasteiger partial charge in [0, 0.05) is 8.96 Å². The topological polar surface area (TPSA) is 63.1 Å². The average molecular weight is 300 g/mol. The van der Waals surface area contributed by atoms with Gasteiger partial charge >= 0.3 is 5.97 Å². The molecule has 0 amide bonds. The molecule has 0 spiro atoms. The molecule has 5 heteroatoms. The minimum atomic E-state index is -1.06. The molecule has 0 radical (unpaired) electrons. The molecule has 0 saturated heterocycles. The van der Waals surface area contributed by atoms with Crippen LogP contribution in [0.2, 0.25) is 0 Å². The largest absolute Gasteiger partial charge is 0.476 e. The van der Waals surface area contributed by atoms with Crippen molar-refractivity contribution in [1.29, 1.82) is 0 Å². The molecular weight excluding hydrogens is 295 g/mol. The number of hydrogen-bond acceptors (Lipinski definition) is 3. The molecule has 1 N–H and O–H groups in total. The average Bonchev–Trinajstić information content (AvgIpc) is 2.17. The number of rotatable bonds is 1. The standard InChI is InChI=1S/C9H5IN2O2/c10-6-3-1-2-5-4-7(9(13)14)11-12-8(5)6/h1-4H,(H,13,14). The number of aromatic nitrogens is 2. The Hall–Kier alpha value is -1.24. The first-order valence-corrected chi connectivity index (χ1v) is 4.91. The summed E-state index contributed by atoms with van der Waals surface area (Å²) in [5, 5.41) is 17.0. The number of benzene rings is 1. The Morgan fingerprint density at radius 3 is 2.86 bits per heavy atom. The Kier molecular flexibility index (Phi) is 2.32. The SMILES string of the molecule is O=C(O)c1cc2cccc(I)c2nn1. The third-order valence-corrected chi connectivity index (χ3v) is 2.66. The van der Waals surface area contributed by atoms with Gasteiger partial charge in [-0.1, -0.05) is 12.1 Å². The smallest absolute Gasteiger partial charge is 0.356 e. The molecule has 1 aromatic heterocycles. The number of halogens is 1. The van der Waals surface area contributed by atoms with Crippen LogP contribution >= 0.6 is 22.6 Å². The van der Waals surface area contributed by atoms with Gasteiger partial charge in [0.1, 0.15) is 5.52 Å². The van der Waals surface area contributed by atoms with E-state index in [1.807, 2.05) is 18.2 Å². The van der Waals surface area contributed by atoms with Crippen LogP contribution < -0.4 is 0 Å². The maximum atomic E-state index is 10.6. The van der Waals surface area contributed by atoms with Gasteiger partial charge in [-0.25, -0.2) is 4.79 Å². The van der Waals surface area contributed by atoms with Crippen molar-refractivity contribution in [3.05, 3.63) is 33.5 Å². The highest BCUT2D eigenvalue weighted by atomic mass is 127. The number of carbonyl (C=O) groups is 1. The van der Waals surface area contributed by atoms with Gasteiger partial charge in [-0.2, -0.15) is 0 Å². The highest BCUT2D eigenvalue weighted by Gasteiger charge is 2.07. The Morgan fingerprint density at radius 1 is 1.36 bits per heavy atom. The van der Waals surface area contributed by atoms with E-state index in [1.54, 1.807) is 0 Å². The summed E-state index contributed by atoms with van der Waals surface area (Å²) in [4.78, 5) is 10.6. The number of aromatic carboxylic acids is 1. The van der Waals surface area contributed by atoms with Crippen molar-refractivity contribution < 1.29 is 9.90 Å². The third kappa shape index (κ3) is 1.54. The quantitative estimate of drug-likeness (QED) is 0.817. The monoisotopic (exact) mass is 300 g/mol. The number of hydrogen-bond donors (Lipinski definition) is 1. The molecule has 2 rings (SSSR count). The summed E-state index contributed by atoms with van der Waals surface area (Å²) in [5.41, 5.74) is 0.706. The van der Waals surface area contributed by atoms with Crippen molar-refractivity contribution in [2.24, 2.45) is 0 Å².